The Hall–Kier alpha value is -1.59. The normalized spacial score (nSPS) is 23.8. The molecule has 1 atom stereocenters. The smallest absolute Gasteiger partial charge is 0.308 e. The molecule has 0 N–H and O–H groups in total. The Kier molecular flexibility index (Phi) is 5.11. The molecular weight excluding hydrogens is 326 g/mol. The zero-order valence-corrected chi connectivity index (χ0v) is 14.6. The summed E-state index contributed by atoms with van der Waals surface area (Å²) in [6.45, 7) is 4.08. The van der Waals surface area contributed by atoms with Crippen molar-refractivity contribution in [1.29, 1.82) is 0 Å². The number of rotatable bonds is 3. The lowest BCUT2D eigenvalue weighted by Gasteiger charge is -2.29. The summed E-state index contributed by atoms with van der Waals surface area (Å²) < 4.78 is 0. The van der Waals surface area contributed by atoms with Crippen molar-refractivity contribution in [2.45, 2.75) is 38.3 Å². The number of amides is 3. The number of urea groups is 1. The number of imide groups is 1. The standard InChI is InChI=1S/C18H23N3O2.ClH/c22-17-16-12-14-6-2-3-7-15(14)13-21(16)18(23)20(17)11-10-19-8-4-1-5-9-19;/h2-3,6-7,16H,1,4-5,8-13H2;1H. The highest BCUT2D eigenvalue weighted by molar-refractivity contribution is 6.04. The Morgan fingerprint density at radius 3 is 2.42 bits per heavy atom. The Labute approximate surface area is 149 Å². The van der Waals surface area contributed by atoms with Gasteiger partial charge in [-0.2, -0.15) is 0 Å². The van der Waals surface area contributed by atoms with E-state index in [-0.39, 0.29) is 30.4 Å². The van der Waals surface area contributed by atoms with Gasteiger partial charge >= 0.3 is 6.03 Å². The topological polar surface area (TPSA) is 43.9 Å². The number of nitrogens with zero attached hydrogens (tertiary/aromatic N) is 3. The molecule has 5 nitrogen and oxygen atoms in total. The van der Waals surface area contributed by atoms with Crippen molar-refractivity contribution < 1.29 is 9.59 Å². The predicted molar refractivity (Wildman–Crippen MR) is 94.1 cm³/mol. The second-order valence-corrected chi connectivity index (χ2v) is 6.79. The molecule has 0 spiro atoms. The highest BCUT2D eigenvalue weighted by Crippen LogP contribution is 2.29. The van der Waals surface area contributed by atoms with Crippen molar-refractivity contribution in [3.63, 3.8) is 0 Å². The van der Waals surface area contributed by atoms with Crippen LogP contribution in [0.1, 0.15) is 30.4 Å². The maximum Gasteiger partial charge on any atom is 0.327 e. The number of piperidine rings is 1. The third-order valence-electron chi connectivity index (χ3n) is 5.36. The van der Waals surface area contributed by atoms with E-state index in [4.69, 9.17) is 0 Å². The summed E-state index contributed by atoms with van der Waals surface area (Å²) in [6.07, 6.45) is 4.41. The molecule has 0 aliphatic carbocycles. The molecule has 0 radical (unpaired) electrons. The number of hydrogen-bond acceptors (Lipinski definition) is 3. The summed E-state index contributed by atoms with van der Waals surface area (Å²) in [7, 11) is 0. The molecule has 1 unspecified atom stereocenters. The van der Waals surface area contributed by atoms with E-state index in [9.17, 15) is 9.59 Å². The van der Waals surface area contributed by atoms with Crippen LogP contribution in [0.15, 0.2) is 24.3 Å². The molecule has 0 aromatic heterocycles. The molecule has 3 amide bonds. The maximum atomic E-state index is 12.7. The highest BCUT2D eigenvalue weighted by atomic mass is 35.5. The average Bonchev–Trinajstić information content (AvgIpc) is 2.83. The summed E-state index contributed by atoms with van der Waals surface area (Å²) in [5.74, 6) is -0.0125. The second-order valence-electron chi connectivity index (χ2n) is 6.79. The van der Waals surface area contributed by atoms with Crippen LogP contribution >= 0.6 is 12.4 Å². The van der Waals surface area contributed by atoms with Crippen LogP contribution in [0.4, 0.5) is 4.79 Å². The molecule has 3 heterocycles. The van der Waals surface area contributed by atoms with Crippen LogP contribution in [0.3, 0.4) is 0 Å². The number of halogens is 1. The summed E-state index contributed by atoms with van der Waals surface area (Å²) in [4.78, 5) is 30.9. The number of hydrogen-bond donors (Lipinski definition) is 0. The van der Waals surface area contributed by atoms with Gasteiger partial charge in [-0.15, -0.1) is 12.4 Å². The maximum absolute atomic E-state index is 12.7. The number of benzene rings is 1. The molecule has 3 aliphatic heterocycles. The molecule has 2 saturated heterocycles. The Bertz CT molecular complexity index is 587. The lowest BCUT2D eigenvalue weighted by atomic mass is 9.95. The van der Waals surface area contributed by atoms with Crippen molar-refractivity contribution in [2.24, 2.45) is 0 Å². The van der Waals surface area contributed by atoms with E-state index in [0.717, 1.165) is 19.6 Å². The molecule has 24 heavy (non-hydrogen) atoms. The Morgan fingerprint density at radius 2 is 1.67 bits per heavy atom. The quantitative estimate of drug-likeness (QED) is 0.786. The van der Waals surface area contributed by atoms with Crippen molar-refractivity contribution in [2.75, 3.05) is 26.2 Å². The second kappa shape index (κ2) is 7.11. The summed E-state index contributed by atoms with van der Waals surface area (Å²) in [6, 6.07) is 7.73. The zero-order valence-electron chi connectivity index (χ0n) is 13.8. The Morgan fingerprint density at radius 1 is 0.958 bits per heavy atom. The Balaban J connectivity index is 0.00000169. The minimum atomic E-state index is -0.293. The first-order valence-electron chi connectivity index (χ1n) is 8.65. The number of carbonyl (C=O) groups excluding carboxylic acids is 2. The van der Waals surface area contributed by atoms with E-state index >= 15 is 0 Å². The zero-order chi connectivity index (χ0) is 15.8. The SMILES string of the molecule is Cl.O=C1C2Cc3ccccc3CN2C(=O)N1CCN1CCCCC1. The van der Waals surface area contributed by atoms with Crippen molar-refractivity contribution >= 4 is 24.3 Å². The third-order valence-corrected chi connectivity index (χ3v) is 5.36. The first-order chi connectivity index (χ1) is 11.2. The molecule has 2 fully saturated rings. The molecule has 0 bridgehead atoms. The lowest BCUT2D eigenvalue weighted by Crippen LogP contribution is -2.41. The van der Waals surface area contributed by atoms with Gasteiger partial charge in [-0.1, -0.05) is 30.7 Å². The van der Waals surface area contributed by atoms with E-state index in [1.54, 1.807) is 4.90 Å². The van der Waals surface area contributed by atoms with Gasteiger partial charge in [0.1, 0.15) is 6.04 Å². The van der Waals surface area contributed by atoms with Gasteiger partial charge in [0.05, 0.1) is 0 Å². The predicted octanol–water partition coefficient (Wildman–Crippen LogP) is 2.28. The van der Waals surface area contributed by atoms with Crippen molar-refractivity contribution in [3.8, 4) is 0 Å². The van der Waals surface area contributed by atoms with Gasteiger partial charge in [0.2, 0.25) is 0 Å². The van der Waals surface area contributed by atoms with Gasteiger partial charge in [0.15, 0.2) is 0 Å². The molecule has 1 aromatic rings. The molecule has 1 aromatic carbocycles. The van der Waals surface area contributed by atoms with E-state index in [2.05, 4.69) is 17.0 Å². The fraction of sp³-hybridized carbons (Fsp3) is 0.556. The monoisotopic (exact) mass is 349 g/mol. The van der Waals surface area contributed by atoms with Crippen LogP contribution in [0.5, 0.6) is 0 Å². The summed E-state index contributed by atoms with van der Waals surface area (Å²) >= 11 is 0. The van der Waals surface area contributed by atoms with Crippen LogP contribution in [0.25, 0.3) is 0 Å². The van der Waals surface area contributed by atoms with Gasteiger partial charge < -0.3 is 9.80 Å². The van der Waals surface area contributed by atoms with Gasteiger partial charge in [-0.3, -0.25) is 9.69 Å². The van der Waals surface area contributed by atoms with E-state index in [1.807, 2.05) is 12.1 Å². The van der Waals surface area contributed by atoms with Gasteiger partial charge in [-0.05, 0) is 37.1 Å². The number of likely N-dealkylation sites (tertiary alicyclic amines) is 1. The summed E-state index contributed by atoms with van der Waals surface area (Å²) in [5.41, 5.74) is 2.37. The largest absolute Gasteiger partial charge is 0.327 e. The molecule has 0 saturated carbocycles. The van der Waals surface area contributed by atoms with Gasteiger partial charge in [0.25, 0.3) is 5.91 Å². The first-order valence-corrected chi connectivity index (χ1v) is 8.65. The van der Waals surface area contributed by atoms with Crippen LogP contribution in [0.2, 0.25) is 0 Å². The minimum absolute atomic E-state index is 0. The molecule has 130 valence electrons. The van der Waals surface area contributed by atoms with E-state index < -0.39 is 0 Å². The van der Waals surface area contributed by atoms with E-state index in [1.165, 1.54) is 35.3 Å². The van der Waals surface area contributed by atoms with Crippen LogP contribution in [-0.4, -0.2) is 58.9 Å². The van der Waals surface area contributed by atoms with Crippen molar-refractivity contribution in [1.82, 2.24) is 14.7 Å². The molecule has 6 heteroatoms. The highest BCUT2D eigenvalue weighted by Gasteiger charge is 2.46. The lowest BCUT2D eigenvalue weighted by molar-refractivity contribution is -0.128. The van der Waals surface area contributed by atoms with Crippen molar-refractivity contribution in [3.05, 3.63) is 35.4 Å². The molecule has 3 aliphatic rings. The first kappa shape index (κ1) is 17.2. The number of fused-ring (bicyclic) bond motifs is 2. The molecule has 4 rings (SSSR count). The number of carbonyl (C=O) groups is 2. The van der Waals surface area contributed by atoms with Gasteiger partial charge in [0, 0.05) is 26.1 Å². The third kappa shape index (κ3) is 3.03. The van der Waals surface area contributed by atoms with Crippen LogP contribution in [0, 0.1) is 0 Å². The van der Waals surface area contributed by atoms with Crippen LogP contribution in [-0.2, 0) is 17.8 Å². The fourth-order valence-corrected chi connectivity index (χ4v) is 4.00. The minimum Gasteiger partial charge on any atom is -0.308 e. The average molecular weight is 350 g/mol. The summed E-state index contributed by atoms with van der Waals surface area (Å²) in [5, 5.41) is 0. The van der Waals surface area contributed by atoms with Crippen LogP contribution < -0.4 is 0 Å². The molecular formula is C18H24ClN3O2. The fourth-order valence-electron chi connectivity index (χ4n) is 4.00. The van der Waals surface area contributed by atoms with E-state index in [0.29, 0.717) is 19.5 Å². The van der Waals surface area contributed by atoms with Gasteiger partial charge in [-0.25, -0.2) is 4.79 Å².